The van der Waals surface area contributed by atoms with Gasteiger partial charge in [-0.15, -0.1) is 0 Å². The lowest BCUT2D eigenvalue weighted by Crippen LogP contribution is -2.39. The van der Waals surface area contributed by atoms with Gasteiger partial charge in [0.2, 0.25) is 17.8 Å². The Morgan fingerprint density at radius 1 is 1.29 bits per heavy atom. The van der Waals surface area contributed by atoms with E-state index in [1.54, 1.807) is 0 Å². The average Bonchev–Trinajstić information content (AvgIpc) is 3.15. The maximum atomic E-state index is 14.8. The monoisotopic (exact) mass is 565 g/mol. The molecule has 0 bridgehead atoms. The van der Waals surface area contributed by atoms with Gasteiger partial charge in [0.1, 0.15) is 5.82 Å². The molecule has 0 aliphatic heterocycles. The molecule has 2 atom stereocenters. The van der Waals surface area contributed by atoms with E-state index in [0.717, 1.165) is 19.3 Å². The summed E-state index contributed by atoms with van der Waals surface area (Å²) in [4.78, 5) is 25.6. The zero-order chi connectivity index (χ0) is 27.6. The lowest BCUT2D eigenvalue weighted by atomic mass is 9.73. The molecule has 0 radical (unpaired) electrons. The second-order valence-electron chi connectivity index (χ2n) is 10.5. The highest BCUT2D eigenvalue weighted by Gasteiger charge is 2.38. The van der Waals surface area contributed by atoms with Crippen molar-refractivity contribution in [3.8, 4) is 0 Å². The van der Waals surface area contributed by atoms with Crippen LogP contribution < -0.4 is 16.4 Å². The van der Waals surface area contributed by atoms with Gasteiger partial charge in [-0.1, -0.05) is 30.1 Å². The Hall–Kier alpha value is -2.69. The lowest BCUT2D eigenvalue weighted by molar-refractivity contribution is -0.128. The summed E-state index contributed by atoms with van der Waals surface area (Å²) in [6.07, 6.45) is 5.27. The quantitative estimate of drug-likeness (QED) is 0.268. The number of imidazole rings is 1. The first kappa shape index (κ1) is 28.3. The normalized spacial score (nSPS) is 26.2. The Bertz CT molecular complexity index is 1220. The minimum Gasteiger partial charge on any atom is -0.393 e. The van der Waals surface area contributed by atoms with E-state index >= 15 is 0 Å². The Balaban J connectivity index is 1.73. The number of guanidine groups is 1. The van der Waals surface area contributed by atoms with Crippen LogP contribution in [0, 0.1) is 18.2 Å². The van der Waals surface area contributed by atoms with Crippen LogP contribution in [0.5, 0.6) is 0 Å². The molecule has 1 aromatic carbocycles. The van der Waals surface area contributed by atoms with Gasteiger partial charge < -0.3 is 21.5 Å². The number of amides is 1. The van der Waals surface area contributed by atoms with Crippen molar-refractivity contribution in [2.24, 2.45) is 21.1 Å². The van der Waals surface area contributed by atoms with Gasteiger partial charge in [0.25, 0.3) is 0 Å². The summed E-state index contributed by atoms with van der Waals surface area (Å²) >= 11 is 12.3. The van der Waals surface area contributed by atoms with E-state index in [4.69, 9.17) is 33.9 Å². The first-order chi connectivity index (χ1) is 18.0. The largest absolute Gasteiger partial charge is 0.393 e. The smallest absolute Gasteiger partial charge is 0.224 e. The molecular formula is C26H34Cl2FN7O2. The van der Waals surface area contributed by atoms with Crippen molar-refractivity contribution in [1.82, 2.24) is 14.9 Å². The number of nitrogens with zero attached hydrogens (tertiary/aromatic N) is 4. The van der Waals surface area contributed by atoms with Crippen molar-refractivity contribution in [1.29, 1.82) is 0 Å². The molecule has 206 valence electrons. The fourth-order valence-electron chi connectivity index (χ4n) is 5.32. The topological polar surface area (TPSA) is 130 Å². The fourth-order valence-corrected chi connectivity index (χ4v) is 5.83. The van der Waals surface area contributed by atoms with Gasteiger partial charge >= 0.3 is 0 Å². The molecule has 1 heterocycles. The Morgan fingerprint density at radius 2 is 2.00 bits per heavy atom. The number of aliphatic hydroxyl groups excluding tert-OH is 1. The summed E-state index contributed by atoms with van der Waals surface area (Å²) in [7, 11) is 0. The SMILES string of the molecule is C=N/C(=N\c1c(C)nc(Nc2c(F)cc(Cl)cc2Cl)n1[C@H]1CC[C@@](C)(C(N)=O)CC1)N[C@@H]1CCC[C@H](O)C1. The first-order valence-corrected chi connectivity index (χ1v) is 13.6. The van der Waals surface area contributed by atoms with E-state index in [2.05, 4.69) is 27.3 Å². The Labute approximate surface area is 231 Å². The summed E-state index contributed by atoms with van der Waals surface area (Å²) in [5, 5.41) is 16.7. The van der Waals surface area contributed by atoms with E-state index in [1.807, 2.05) is 18.4 Å². The average molecular weight is 567 g/mol. The third-order valence-electron chi connectivity index (χ3n) is 7.66. The van der Waals surface area contributed by atoms with Crippen molar-refractivity contribution in [3.63, 3.8) is 0 Å². The summed E-state index contributed by atoms with van der Waals surface area (Å²) in [5.41, 5.74) is 5.72. The van der Waals surface area contributed by atoms with Crippen LogP contribution in [0.15, 0.2) is 22.1 Å². The van der Waals surface area contributed by atoms with Gasteiger partial charge in [-0.05, 0) is 77.1 Å². The van der Waals surface area contributed by atoms with Crippen molar-refractivity contribution < 1.29 is 14.3 Å². The van der Waals surface area contributed by atoms with Crippen molar-refractivity contribution >= 4 is 59.2 Å². The second kappa shape index (κ2) is 11.6. The van der Waals surface area contributed by atoms with E-state index < -0.39 is 11.2 Å². The van der Waals surface area contributed by atoms with E-state index in [9.17, 15) is 14.3 Å². The number of carbonyl (C=O) groups excluding carboxylic acids is 1. The van der Waals surface area contributed by atoms with E-state index in [0.29, 0.717) is 55.5 Å². The molecule has 1 amide bonds. The zero-order valence-electron chi connectivity index (χ0n) is 21.6. The van der Waals surface area contributed by atoms with Crippen molar-refractivity contribution in [3.05, 3.63) is 33.7 Å². The molecule has 0 spiro atoms. The van der Waals surface area contributed by atoms with Gasteiger partial charge in [-0.25, -0.2) is 14.4 Å². The number of aryl methyl sites for hydroxylation is 1. The molecule has 0 unspecified atom stereocenters. The van der Waals surface area contributed by atoms with Crippen LogP contribution in [0.4, 0.5) is 21.8 Å². The van der Waals surface area contributed by atoms with Crippen LogP contribution in [-0.4, -0.2) is 45.4 Å². The van der Waals surface area contributed by atoms with Crippen molar-refractivity contribution in [2.45, 2.75) is 83.4 Å². The number of anilines is 2. The van der Waals surface area contributed by atoms with Crippen molar-refractivity contribution in [2.75, 3.05) is 5.32 Å². The van der Waals surface area contributed by atoms with Gasteiger partial charge in [-0.2, -0.15) is 4.99 Å². The number of carbonyl (C=O) groups is 1. The van der Waals surface area contributed by atoms with Gasteiger partial charge in [-0.3, -0.25) is 9.36 Å². The number of aliphatic hydroxyl groups is 1. The summed E-state index contributed by atoms with van der Waals surface area (Å²) in [5.74, 6) is 0.260. The number of nitrogens with one attached hydrogen (secondary N) is 2. The van der Waals surface area contributed by atoms with E-state index in [1.165, 1.54) is 12.1 Å². The van der Waals surface area contributed by atoms with Crippen LogP contribution >= 0.6 is 23.2 Å². The molecular weight excluding hydrogens is 532 g/mol. The number of benzene rings is 1. The Kier molecular flexibility index (Phi) is 8.64. The molecule has 2 aliphatic carbocycles. The number of hydrogen-bond acceptors (Lipinski definition) is 5. The maximum Gasteiger partial charge on any atom is 0.224 e. The van der Waals surface area contributed by atoms with Crippen LogP contribution in [0.2, 0.25) is 10.0 Å². The maximum absolute atomic E-state index is 14.8. The predicted octanol–water partition coefficient (Wildman–Crippen LogP) is 5.57. The molecule has 4 rings (SSSR count). The third kappa shape index (κ3) is 6.13. The molecule has 2 aromatic rings. The summed E-state index contributed by atoms with van der Waals surface area (Å²) in [6, 6.07) is 2.55. The van der Waals surface area contributed by atoms with Crippen LogP contribution in [0.3, 0.4) is 0 Å². The molecule has 2 fully saturated rings. The molecule has 0 saturated heterocycles. The molecule has 9 nitrogen and oxygen atoms in total. The molecule has 12 heteroatoms. The first-order valence-electron chi connectivity index (χ1n) is 12.8. The van der Waals surface area contributed by atoms with Gasteiger partial charge in [0.15, 0.2) is 5.82 Å². The number of nitrogens with two attached hydrogens (primary N) is 1. The van der Waals surface area contributed by atoms with Gasteiger partial charge in [0, 0.05) is 22.5 Å². The number of primary amides is 1. The molecule has 5 N–H and O–H groups in total. The number of rotatable bonds is 6. The molecule has 2 aliphatic rings. The van der Waals surface area contributed by atoms with Crippen LogP contribution in [0.1, 0.15) is 70.0 Å². The van der Waals surface area contributed by atoms with Crippen LogP contribution in [0.25, 0.3) is 0 Å². The zero-order valence-corrected chi connectivity index (χ0v) is 23.1. The van der Waals surface area contributed by atoms with Gasteiger partial charge in [0.05, 0.1) is 22.5 Å². The molecule has 1 aromatic heterocycles. The molecule has 38 heavy (non-hydrogen) atoms. The highest BCUT2D eigenvalue weighted by molar-refractivity contribution is 6.36. The third-order valence-corrected chi connectivity index (χ3v) is 8.17. The highest BCUT2D eigenvalue weighted by Crippen LogP contribution is 2.44. The number of aromatic nitrogens is 2. The standard InChI is InChI=1S/C26H34Cl2FN7O2/c1-14-22(35-24(31-3)33-16-5-4-6-18(37)13-16)36(17-7-9-26(2,10-8-17)23(30)38)25(32-14)34-21-19(28)11-15(27)12-20(21)29/h11-12,16-18,37H,3-10,13H2,1-2H3,(H2,30,38)(H,32,34)(H,33,35)/t16-,17-,18+,26+/m1/s1. The Morgan fingerprint density at radius 3 is 2.61 bits per heavy atom. The number of halogens is 3. The summed E-state index contributed by atoms with van der Waals surface area (Å²) in [6.45, 7) is 7.37. The fraction of sp³-hybridized carbons (Fsp3) is 0.538. The minimum absolute atomic E-state index is 0.0187. The highest BCUT2D eigenvalue weighted by atomic mass is 35.5. The molecule has 2 saturated carbocycles. The minimum atomic E-state index is -0.615. The second-order valence-corrected chi connectivity index (χ2v) is 11.3. The lowest BCUT2D eigenvalue weighted by Gasteiger charge is -2.36. The number of aliphatic imine (C=N–C) groups is 2. The number of hydrogen-bond donors (Lipinski definition) is 4. The van der Waals surface area contributed by atoms with E-state index in [-0.39, 0.29) is 39.8 Å². The van der Waals surface area contributed by atoms with Crippen LogP contribution in [-0.2, 0) is 4.79 Å². The summed E-state index contributed by atoms with van der Waals surface area (Å²) < 4.78 is 16.7. The predicted molar refractivity (Wildman–Crippen MR) is 150 cm³/mol.